The van der Waals surface area contributed by atoms with Gasteiger partial charge in [-0.3, -0.25) is 0 Å². The predicted octanol–water partition coefficient (Wildman–Crippen LogP) is 9.19. The third-order valence-electron chi connectivity index (χ3n) is 6.84. The van der Waals surface area contributed by atoms with Gasteiger partial charge < -0.3 is 15.7 Å². The summed E-state index contributed by atoms with van der Waals surface area (Å²) in [6.45, 7) is 5.20. The van der Waals surface area contributed by atoms with Crippen molar-refractivity contribution in [1.29, 1.82) is 0 Å². The van der Waals surface area contributed by atoms with Crippen LogP contribution in [0.1, 0.15) is 86.3 Å². The maximum Gasteiger partial charge on any atom is 0.416 e. The number of carboxylic acid groups (broad SMARTS) is 1. The Morgan fingerprint density at radius 2 is 1.78 bits per heavy atom. The Kier molecular flexibility index (Phi) is 16.3. The third kappa shape index (κ3) is 13.1. The normalized spacial score (nSPS) is 14.9. The summed E-state index contributed by atoms with van der Waals surface area (Å²) in [6, 6.07) is 8.42. The molecular weight excluding hydrogens is 565 g/mol. The summed E-state index contributed by atoms with van der Waals surface area (Å²) in [6.07, 6.45) is 13.0. The second-order valence-corrected chi connectivity index (χ2v) is 12.5. The number of nitrogens with two attached hydrogens (primary N) is 1. The molecule has 0 radical (unpaired) electrons. The number of thiophene rings is 1. The van der Waals surface area contributed by atoms with Crippen molar-refractivity contribution in [1.82, 2.24) is 4.90 Å². The number of carboxylic acids is 1. The molecule has 2 aromatic rings. The molecule has 4 nitrogen and oxygen atoms in total. The molecule has 0 amide bonds. The Bertz CT molecular complexity index is 1080. The van der Waals surface area contributed by atoms with Gasteiger partial charge in [0.25, 0.3) is 0 Å². The first-order chi connectivity index (χ1) is 19.7. The van der Waals surface area contributed by atoms with Crippen LogP contribution in [0, 0.1) is 6.92 Å². The molecule has 1 aromatic carbocycles. The molecule has 41 heavy (non-hydrogen) atoms. The molecule has 1 aromatic heterocycles. The number of benzene rings is 1. The SMILES string of the molecule is CCCCCCCCCCN.Cc1ccc(CCCSC2C(C(=O)O)=CC=CN2Cc2cccs2)cc1C(F)(F)F. The van der Waals surface area contributed by atoms with Crippen LogP contribution >= 0.6 is 23.1 Å². The summed E-state index contributed by atoms with van der Waals surface area (Å²) < 4.78 is 39.3. The van der Waals surface area contributed by atoms with Crippen molar-refractivity contribution in [3.05, 3.63) is 81.2 Å². The average molecular weight is 611 g/mol. The lowest BCUT2D eigenvalue weighted by Crippen LogP contribution is -2.34. The molecule has 3 rings (SSSR count). The van der Waals surface area contributed by atoms with E-state index in [9.17, 15) is 23.1 Å². The van der Waals surface area contributed by atoms with Gasteiger partial charge in [0, 0.05) is 11.1 Å². The molecule has 1 aliphatic rings. The van der Waals surface area contributed by atoms with Gasteiger partial charge in [0.1, 0.15) is 5.37 Å². The first-order valence-electron chi connectivity index (χ1n) is 14.6. The molecule has 0 aliphatic carbocycles. The zero-order valence-corrected chi connectivity index (χ0v) is 25.9. The Labute approximate surface area is 251 Å². The zero-order chi connectivity index (χ0) is 30.1. The summed E-state index contributed by atoms with van der Waals surface area (Å²) in [5.41, 5.74) is 5.97. The standard InChI is InChI=1S/C22H22F3NO2S2.C10H23N/c1-15-8-9-16(13-19(15)22(23,24)25)5-3-12-30-20-18(21(27)28)7-2-10-26(20)14-17-6-4-11-29-17;1-2-3-4-5-6-7-8-9-10-11/h2,4,6-11,13,20H,3,5,12,14H2,1H3,(H,27,28);2-11H2,1H3. The Hall–Kier alpha value is -2.23. The number of halogens is 3. The van der Waals surface area contributed by atoms with E-state index in [2.05, 4.69) is 6.92 Å². The Morgan fingerprint density at radius 1 is 1.07 bits per heavy atom. The highest BCUT2D eigenvalue weighted by molar-refractivity contribution is 8.00. The van der Waals surface area contributed by atoms with Crippen LogP contribution in [0.2, 0.25) is 0 Å². The van der Waals surface area contributed by atoms with Crippen LogP contribution < -0.4 is 5.73 Å². The summed E-state index contributed by atoms with van der Waals surface area (Å²) >= 11 is 3.12. The maximum atomic E-state index is 13.1. The van der Waals surface area contributed by atoms with Crippen LogP contribution in [-0.2, 0) is 23.9 Å². The van der Waals surface area contributed by atoms with Gasteiger partial charge in [-0.05, 0) is 79.3 Å². The van der Waals surface area contributed by atoms with Crippen molar-refractivity contribution >= 4 is 29.1 Å². The lowest BCUT2D eigenvalue weighted by Gasteiger charge is -2.32. The lowest BCUT2D eigenvalue weighted by molar-refractivity contribution is -0.138. The lowest BCUT2D eigenvalue weighted by atomic mass is 10.0. The second-order valence-electron chi connectivity index (χ2n) is 10.3. The number of rotatable bonds is 16. The fraction of sp³-hybridized carbons (Fsp3) is 0.531. The van der Waals surface area contributed by atoms with Gasteiger partial charge in [0.05, 0.1) is 17.7 Å². The number of nitrogens with zero attached hydrogens (tertiary/aromatic N) is 1. The van der Waals surface area contributed by atoms with Gasteiger partial charge >= 0.3 is 12.1 Å². The van der Waals surface area contributed by atoms with Crippen LogP contribution in [0.25, 0.3) is 0 Å². The average Bonchev–Trinajstić information content (AvgIpc) is 3.45. The van der Waals surface area contributed by atoms with Crippen molar-refractivity contribution in [2.24, 2.45) is 5.73 Å². The summed E-state index contributed by atoms with van der Waals surface area (Å²) in [5, 5.41) is 11.2. The summed E-state index contributed by atoms with van der Waals surface area (Å²) in [5.74, 6) is -0.319. The van der Waals surface area contributed by atoms with Gasteiger partial charge in [0.15, 0.2) is 0 Å². The Balaban J connectivity index is 0.000000454. The largest absolute Gasteiger partial charge is 0.478 e. The topological polar surface area (TPSA) is 66.6 Å². The fourth-order valence-corrected chi connectivity index (χ4v) is 6.50. The Morgan fingerprint density at radius 3 is 2.39 bits per heavy atom. The highest BCUT2D eigenvalue weighted by Gasteiger charge is 2.32. The van der Waals surface area contributed by atoms with Crippen LogP contribution in [0.15, 0.2) is 59.6 Å². The predicted molar refractivity (Wildman–Crippen MR) is 167 cm³/mol. The number of aryl methyl sites for hydroxylation is 2. The van der Waals surface area contributed by atoms with Gasteiger partial charge in [-0.1, -0.05) is 70.1 Å². The number of hydrogen-bond donors (Lipinski definition) is 2. The highest BCUT2D eigenvalue weighted by Crippen LogP contribution is 2.33. The molecule has 1 unspecified atom stereocenters. The summed E-state index contributed by atoms with van der Waals surface area (Å²) in [7, 11) is 0. The quantitative estimate of drug-likeness (QED) is 0.186. The highest BCUT2D eigenvalue weighted by atomic mass is 32.2. The molecule has 0 saturated heterocycles. The van der Waals surface area contributed by atoms with E-state index in [0.29, 0.717) is 36.3 Å². The molecule has 228 valence electrons. The van der Waals surface area contributed by atoms with E-state index >= 15 is 0 Å². The number of alkyl halides is 3. The molecule has 2 heterocycles. The molecule has 3 N–H and O–H groups in total. The first-order valence-corrected chi connectivity index (χ1v) is 16.5. The van der Waals surface area contributed by atoms with E-state index in [1.165, 1.54) is 82.2 Å². The smallest absolute Gasteiger partial charge is 0.416 e. The van der Waals surface area contributed by atoms with Crippen molar-refractivity contribution < 1.29 is 23.1 Å². The number of hydrogen-bond acceptors (Lipinski definition) is 5. The van der Waals surface area contributed by atoms with Crippen molar-refractivity contribution in [3.8, 4) is 0 Å². The molecule has 0 fully saturated rings. The van der Waals surface area contributed by atoms with E-state index in [1.807, 2.05) is 28.6 Å². The molecule has 0 spiro atoms. The zero-order valence-electron chi connectivity index (χ0n) is 24.3. The number of aliphatic carboxylic acids is 1. The fourth-order valence-electron chi connectivity index (χ4n) is 4.56. The van der Waals surface area contributed by atoms with Gasteiger partial charge in [-0.2, -0.15) is 13.2 Å². The van der Waals surface area contributed by atoms with E-state index in [4.69, 9.17) is 5.73 Å². The molecule has 0 saturated carbocycles. The third-order valence-corrected chi connectivity index (χ3v) is 9.06. The van der Waals surface area contributed by atoms with Crippen LogP contribution in [0.3, 0.4) is 0 Å². The molecule has 9 heteroatoms. The van der Waals surface area contributed by atoms with E-state index in [-0.39, 0.29) is 10.9 Å². The van der Waals surface area contributed by atoms with Crippen LogP contribution in [0.5, 0.6) is 0 Å². The maximum absolute atomic E-state index is 13.1. The van der Waals surface area contributed by atoms with Crippen LogP contribution in [0.4, 0.5) is 13.2 Å². The molecule has 1 aliphatic heterocycles. The van der Waals surface area contributed by atoms with Crippen molar-refractivity contribution in [2.45, 2.75) is 96.2 Å². The van der Waals surface area contributed by atoms with E-state index in [0.717, 1.165) is 11.4 Å². The van der Waals surface area contributed by atoms with Crippen LogP contribution in [-0.4, -0.2) is 33.6 Å². The monoisotopic (exact) mass is 610 g/mol. The van der Waals surface area contributed by atoms with Crippen molar-refractivity contribution in [2.75, 3.05) is 12.3 Å². The first kappa shape index (κ1) is 35.0. The number of carbonyl (C=O) groups is 1. The minimum absolute atomic E-state index is 0.218. The number of allylic oxidation sites excluding steroid dienone is 2. The van der Waals surface area contributed by atoms with Crippen molar-refractivity contribution in [3.63, 3.8) is 0 Å². The second kappa shape index (κ2) is 19.1. The van der Waals surface area contributed by atoms with Gasteiger partial charge in [-0.25, -0.2) is 4.79 Å². The molecule has 0 bridgehead atoms. The van der Waals surface area contributed by atoms with E-state index < -0.39 is 17.7 Å². The van der Waals surface area contributed by atoms with E-state index in [1.54, 1.807) is 29.6 Å². The molecular formula is C32H45F3N2O2S2. The number of unbranched alkanes of at least 4 members (excludes halogenated alkanes) is 7. The van der Waals surface area contributed by atoms with Gasteiger partial charge in [-0.15, -0.1) is 23.1 Å². The number of thioether (sulfide) groups is 1. The molecule has 1 atom stereocenters. The minimum atomic E-state index is -4.35. The minimum Gasteiger partial charge on any atom is -0.478 e. The van der Waals surface area contributed by atoms with Gasteiger partial charge in [0.2, 0.25) is 0 Å². The summed E-state index contributed by atoms with van der Waals surface area (Å²) in [4.78, 5) is 14.8.